The number of piperazine rings is 1. The SMILES string of the molecule is COc1ccc(N2CCN(C[C@@H]3C(=O)O[C@@H]4C[C@@]5(C)CCC[C@H](C)[C@@]56O[C@H]6[C@H]34)CC2)cc1. The summed E-state index contributed by atoms with van der Waals surface area (Å²) in [6, 6.07) is 8.29. The lowest BCUT2D eigenvalue weighted by Crippen LogP contribution is -2.55. The molecule has 6 nitrogen and oxygen atoms in total. The van der Waals surface area contributed by atoms with E-state index in [1.54, 1.807) is 7.11 Å². The number of benzene rings is 1. The van der Waals surface area contributed by atoms with Gasteiger partial charge in [-0.05, 0) is 49.4 Å². The molecule has 3 heterocycles. The number of esters is 1. The number of fused-ring (bicyclic) bond motifs is 2. The van der Waals surface area contributed by atoms with Gasteiger partial charge in [0.25, 0.3) is 0 Å². The molecule has 0 amide bonds. The van der Waals surface area contributed by atoms with Crippen LogP contribution in [0.5, 0.6) is 5.75 Å². The number of hydrogen-bond acceptors (Lipinski definition) is 6. The average Bonchev–Trinajstić information content (AvgIpc) is 3.49. The van der Waals surface area contributed by atoms with Crippen LogP contribution in [0.1, 0.15) is 39.5 Å². The van der Waals surface area contributed by atoms with E-state index in [-0.39, 0.29) is 41.0 Å². The normalized spacial score (nSPS) is 43.2. The zero-order valence-electron chi connectivity index (χ0n) is 19.6. The van der Waals surface area contributed by atoms with Crippen LogP contribution in [0.4, 0.5) is 5.69 Å². The Bertz CT molecular complexity index is 882. The first-order valence-electron chi connectivity index (χ1n) is 12.4. The smallest absolute Gasteiger partial charge is 0.311 e. The molecule has 32 heavy (non-hydrogen) atoms. The molecular weight excluding hydrogens is 404 g/mol. The molecule has 1 aromatic carbocycles. The largest absolute Gasteiger partial charge is 0.497 e. The van der Waals surface area contributed by atoms with Crippen LogP contribution in [0.15, 0.2) is 24.3 Å². The molecule has 2 saturated carbocycles. The number of ether oxygens (including phenoxy) is 3. The van der Waals surface area contributed by atoms with Crippen LogP contribution in [0.25, 0.3) is 0 Å². The van der Waals surface area contributed by atoms with Gasteiger partial charge >= 0.3 is 5.97 Å². The Morgan fingerprint density at radius 1 is 1.16 bits per heavy atom. The molecule has 6 heteroatoms. The number of carbonyl (C=O) groups excluding carboxylic acids is 1. The number of anilines is 1. The average molecular weight is 441 g/mol. The predicted molar refractivity (Wildman–Crippen MR) is 122 cm³/mol. The van der Waals surface area contributed by atoms with Gasteiger partial charge in [0.05, 0.1) is 19.1 Å². The molecule has 5 aliphatic rings. The van der Waals surface area contributed by atoms with E-state index in [0.29, 0.717) is 5.92 Å². The Kier molecular flexibility index (Phi) is 4.78. The van der Waals surface area contributed by atoms with Gasteiger partial charge in [-0.1, -0.05) is 20.3 Å². The fraction of sp³-hybridized carbons (Fsp3) is 0.731. The van der Waals surface area contributed by atoms with Crippen molar-refractivity contribution < 1.29 is 19.0 Å². The molecule has 0 radical (unpaired) electrons. The standard InChI is InChI=1S/C26H36N2O4/c1-17-5-4-10-25(2)15-21-22(23-26(17,25)32-23)20(24(29)31-21)16-27-11-13-28(14-12-27)18-6-8-19(30-3)9-7-18/h6-9,17,20-23H,4-5,10-16H2,1-3H3/t17-,20-,21+,22+,23-,25+,26-/m0/s1. The third-order valence-corrected chi connectivity index (χ3v) is 9.46. The second-order valence-electron chi connectivity index (χ2n) is 11.0. The Labute approximate surface area is 191 Å². The van der Waals surface area contributed by atoms with Crippen molar-refractivity contribution in [3.05, 3.63) is 24.3 Å². The zero-order chi connectivity index (χ0) is 22.1. The van der Waals surface area contributed by atoms with E-state index in [1.807, 2.05) is 12.1 Å². The molecule has 0 aromatic heterocycles. The van der Waals surface area contributed by atoms with Crippen LogP contribution >= 0.6 is 0 Å². The summed E-state index contributed by atoms with van der Waals surface area (Å²) in [6.07, 6.45) is 4.94. The molecular formula is C26H36N2O4. The van der Waals surface area contributed by atoms with Gasteiger partial charge < -0.3 is 19.1 Å². The maximum atomic E-state index is 13.0. The number of hydrogen-bond donors (Lipinski definition) is 0. The molecule has 0 N–H and O–H groups in total. The number of rotatable bonds is 4. The van der Waals surface area contributed by atoms with Gasteiger partial charge in [-0.25, -0.2) is 0 Å². The van der Waals surface area contributed by atoms with E-state index in [1.165, 1.54) is 24.9 Å². The van der Waals surface area contributed by atoms with Crippen molar-refractivity contribution in [1.82, 2.24) is 4.90 Å². The minimum Gasteiger partial charge on any atom is -0.497 e. The molecule has 2 aliphatic carbocycles. The number of nitrogens with zero attached hydrogens (tertiary/aromatic N) is 2. The first-order chi connectivity index (χ1) is 15.4. The van der Waals surface area contributed by atoms with Crippen molar-refractivity contribution >= 4 is 11.7 Å². The highest BCUT2D eigenvalue weighted by atomic mass is 16.6. The van der Waals surface area contributed by atoms with Gasteiger partial charge in [0.2, 0.25) is 0 Å². The lowest BCUT2D eigenvalue weighted by molar-refractivity contribution is -0.146. The van der Waals surface area contributed by atoms with Crippen molar-refractivity contribution in [2.75, 3.05) is 44.7 Å². The molecule has 5 fully saturated rings. The molecule has 6 rings (SSSR count). The highest BCUT2D eigenvalue weighted by Crippen LogP contribution is 2.70. The van der Waals surface area contributed by atoms with Gasteiger partial charge in [-0.15, -0.1) is 0 Å². The Hall–Kier alpha value is -1.79. The van der Waals surface area contributed by atoms with Gasteiger partial charge in [-0.3, -0.25) is 9.69 Å². The molecule has 174 valence electrons. The summed E-state index contributed by atoms with van der Waals surface area (Å²) in [5.41, 5.74) is 1.39. The van der Waals surface area contributed by atoms with Crippen molar-refractivity contribution in [2.45, 2.75) is 57.3 Å². The maximum Gasteiger partial charge on any atom is 0.311 e. The summed E-state index contributed by atoms with van der Waals surface area (Å²) in [5.74, 6) is 1.67. The summed E-state index contributed by atoms with van der Waals surface area (Å²) in [4.78, 5) is 17.9. The molecule has 3 saturated heterocycles. The Balaban J connectivity index is 1.12. The van der Waals surface area contributed by atoms with Crippen molar-refractivity contribution in [3.63, 3.8) is 0 Å². The third kappa shape index (κ3) is 2.95. The molecule has 0 unspecified atom stereocenters. The van der Waals surface area contributed by atoms with Crippen LogP contribution in [-0.4, -0.2) is 68.5 Å². The van der Waals surface area contributed by atoms with Crippen molar-refractivity contribution in [1.29, 1.82) is 0 Å². The fourth-order valence-corrected chi connectivity index (χ4v) is 7.70. The number of carbonyl (C=O) groups is 1. The fourth-order valence-electron chi connectivity index (χ4n) is 7.70. The molecule has 3 aliphatic heterocycles. The van der Waals surface area contributed by atoms with Gasteiger partial charge in [0, 0.05) is 49.7 Å². The molecule has 0 bridgehead atoms. The predicted octanol–water partition coefficient (Wildman–Crippen LogP) is 3.34. The van der Waals surface area contributed by atoms with Crippen LogP contribution in [0, 0.1) is 23.2 Å². The summed E-state index contributed by atoms with van der Waals surface area (Å²) in [5, 5.41) is 0. The van der Waals surface area contributed by atoms with Gasteiger partial charge in [0.15, 0.2) is 0 Å². The summed E-state index contributed by atoms with van der Waals surface area (Å²) < 4.78 is 17.9. The molecule has 1 aromatic rings. The van der Waals surface area contributed by atoms with E-state index in [4.69, 9.17) is 14.2 Å². The minimum absolute atomic E-state index is 0.00822. The minimum atomic E-state index is -0.0458. The van der Waals surface area contributed by atoms with Crippen LogP contribution in [0.3, 0.4) is 0 Å². The second kappa shape index (κ2) is 7.36. The second-order valence-corrected chi connectivity index (χ2v) is 11.0. The first-order valence-corrected chi connectivity index (χ1v) is 12.4. The Morgan fingerprint density at radius 3 is 2.62 bits per heavy atom. The van der Waals surface area contributed by atoms with Crippen LogP contribution in [0.2, 0.25) is 0 Å². The van der Waals surface area contributed by atoms with Crippen LogP contribution < -0.4 is 9.64 Å². The van der Waals surface area contributed by atoms with E-state index in [9.17, 15) is 4.79 Å². The summed E-state index contributed by atoms with van der Waals surface area (Å²) in [7, 11) is 1.70. The van der Waals surface area contributed by atoms with Gasteiger partial charge in [-0.2, -0.15) is 0 Å². The topological polar surface area (TPSA) is 54.5 Å². The zero-order valence-corrected chi connectivity index (χ0v) is 19.6. The highest BCUT2D eigenvalue weighted by Gasteiger charge is 2.78. The van der Waals surface area contributed by atoms with Gasteiger partial charge in [0.1, 0.15) is 17.5 Å². The third-order valence-electron chi connectivity index (χ3n) is 9.46. The maximum absolute atomic E-state index is 13.0. The van der Waals surface area contributed by atoms with Crippen LogP contribution in [-0.2, 0) is 14.3 Å². The van der Waals surface area contributed by atoms with E-state index < -0.39 is 0 Å². The molecule has 1 spiro atoms. The van der Waals surface area contributed by atoms with Crippen molar-refractivity contribution in [2.24, 2.45) is 23.2 Å². The van der Waals surface area contributed by atoms with E-state index in [2.05, 4.69) is 35.8 Å². The number of methoxy groups -OCH3 is 1. The van der Waals surface area contributed by atoms with Crippen molar-refractivity contribution in [3.8, 4) is 5.75 Å². The molecule has 7 atom stereocenters. The lowest BCUT2D eigenvalue weighted by atomic mass is 9.53. The van der Waals surface area contributed by atoms with E-state index in [0.717, 1.165) is 44.9 Å². The monoisotopic (exact) mass is 440 g/mol. The lowest BCUT2D eigenvalue weighted by Gasteiger charge is -2.49. The Morgan fingerprint density at radius 2 is 1.91 bits per heavy atom. The highest BCUT2D eigenvalue weighted by molar-refractivity contribution is 5.76. The summed E-state index contributed by atoms with van der Waals surface area (Å²) in [6.45, 7) is 9.44. The van der Waals surface area contributed by atoms with E-state index >= 15 is 0 Å². The first kappa shape index (κ1) is 20.8. The number of epoxide rings is 1. The summed E-state index contributed by atoms with van der Waals surface area (Å²) >= 11 is 0. The quantitative estimate of drug-likeness (QED) is 0.529.